The smallest absolute Gasteiger partial charge is 0.226 e. The van der Waals surface area contributed by atoms with Crippen LogP contribution in [0.2, 0.25) is 0 Å². The van der Waals surface area contributed by atoms with Crippen molar-refractivity contribution in [1.29, 1.82) is 0 Å². The Labute approximate surface area is 114 Å². The Morgan fingerprint density at radius 1 is 1.26 bits per heavy atom. The number of hydrogen-bond donors (Lipinski definition) is 1. The minimum Gasteiger partial charge on any atom is -0.356 e. The molecule has 1 amide bonds. The van der Waals surface area contributed by atoms with Crippen molar-refractivity contribution < 1.29 is 4.79 Å². The number of amides is 1. The van der Waals surface area contributed by atoms with E-state index in [1.54, 1.807) is 0 Å². The molecule has 19 heavy (non-hydrogen) atoms. The van der Waals surface area contributed by atoms with Crippen LogP contribution in [-0.4, -0.2) is 17.4 Å². The van der Waals surface area contributed by atoms with E-state index in [0.29, 0.717) is 6.42 Å². The summed E-state index contributed by atoms with van der Waals surface area (Å²) in [6.45, 7) is 4.93. The second-order valence-electron chi connectivity index (χ2n) is 4.88. The van der Waals surface area contributed by atoms with Crippen molar-refractivity contribution in [3.05, 3.63) is 41.6 Å². The van der Waals surface area contributed by atoms with Crippen LogP contribution in [0.4, 0.5) is 0 Å². The minimum atomic E-state index is 0.0485. The Kier molecular flexibility index (Phi) is 4.50. The summed E-state index contributed by atoms with van der Waals surface area (Å²) in [5.74, 6) is 0.0485. The molecule has 1 aromatic heterocycles. The van der Waals surface area contributed by atoms with E-state index in [1.165, 1.54) is 5.56 Å². The number of aromatic nitrogens is 1. The van der Waals surface area contributed by atoms with Gasteiger partial charge in [0.05, 0.1) is 17.6 Å². The number of benzene rings is 1. The maximum Gasteiger partial charge on any atom is 0.226 e. The van der Waals surface area contributed by atoms with E-state index < -0.39 is 0 Å². The lowest BCUT2D eigenvalue weighted by Gasteiger charge is -2.05. The molecule has 0 unspecified atom stereocenters. The first-order valence-corrected chi connectivity index (χ1v) is 6.82. The number of fused-ring (bicyclic) bond motifs is 1. The molecule has 3 nitrogen and oxygen atoms in total. The molecule has 0 fully saturated rings. The van der Waals surface area contributed by atoms with Crippen LogP contribution in [0.15, 0.2) is 30.3 Å². The summed E-state index contributed by atoms with van der Waals surface area (Å²) in [6.07, 6.45) is 2.47. The lowest BCUT2D eigenvalue weighted by Crippen LogP contribution is -2.26. The Hall–Kier alpha value is -1.90. The molecule has 100 valence electrons. The molecule has 0 saturated carbocycles. The van der Waals surface area contributed by atoms with Crippen LogP contribution in [0.3, 0.4) is 0 Å². The average molecular weight is 256 g/mol. The van der Waals surface area contributed by atoms with Crippen LogP contribution in [0.25, 0.3) is 10.9 Å². The highest BCUT2D eigenvalue weighted by atomic mass is 16.1. The van der Waals surface area contributed by atoms with Crippen molar-refractivity contribution in [2.45, 2.75) is 33.1 Å². The van der Waals surface area contributed by atoms with Gasteiger partial charge in [-0.15, -0.1) is 0 Å². The van der Waals surface area contributed by atoms with E-state index in [1.807, 2.05) is 24.3 Å². The molecule has 0 spiro atoms. The van der Waals surface area contributed by atoms with Crippen LogP contribution in [0.1, 0.15) is 31.0 Å². The van der Waals surface area contributed by atoms with Gasteiger partial charge in [-0.25, -0.2) is 0 Å². The number of hydrogen-bond acceptors (Lipinski definition) is 2. The predicted octanol–water partition coefficient (Wildman–Crippen LogP) is 3.00. The normalized spacial score (nSPS) is 10.6. The fraction of sp³-hybridized carbons (Fsp3) is 0.375. The van der Waals surface area contributed by atoms with Crippen molar-refractivity contribution in [1.82, 2.24) is 10.3 Å². The fourth-order valence-electron chi connectivity index (χ4n) is 2.02. The van der Waals surface area contributed by atoms with Gasteiger partial charge in [0.15, 0.2) is 0 Å². The van der Waals surface area contributed by atoms with E-state index >= 15 is 0 Å². The van der Waals surface area contributed by atoms with Gasteiger partial charge in [-0.3, -0.25) is 9.78 Å². The standard InChI is InChI=1S/C16H20N2O/c1-3-4-9-17-16(19)11-14-7-6-13-10-12(2)5-8-15(13)18-14/h5-8,10H,3-4,9,11H2,1-2H3,(H,17,19). The van der Waals surface area contributed by atoms with Crippen LogP contribution in [-0.2, 0) is 11.2 Å². The quantitative estimate of drug-likeness (QED) is 0.836. The molecule has 1 heterocycles. The fourth-order valence-corrected chi connectivity index (χ4v) is 2.02. The molecule has 3 heteroatoms. The third kappa shape index (κ3) is 3.78. The van der Waals surface area contributed by atoms with Crippen molar-refractivity contribution >= 4 is 16.8 Å². The number of pyridine rings is 1. The van der Waals surface area contributed by atoms with Gasteiger partial charge in [-0.1, -0.05) is 31.0 Å². The molecule has 0 aliphatic carbocycles. The first kappa shape index (κ1) is 13.5. The topological polar surface area (TPSA) is 42.0 Å². The molecule has 0 aliphatic heterocycles. The predicted molar refractivity (Wildman–Crippen MR) is 78.1 cm³/mol. The zero-order valence-electron chi connectivity index (χ0n) is 11.6. The summed E-state index contributed by atoms with van der Waals surface area (Å²) in [5, 5.41) is 4.03. The largest absolute Gasteiger partial charge is 0.356 e. The van der Waals surface area contributed by atoms with Gasteiger partial charge in [-0.2, -0.15) is 0 Å². The van der Waals surface area contributed by atoms with Gasteiger partial charge < -0.3 is 5.32 Å². The second kappa shape index (κ2) is 6.32. The lowest BCUT2D eigenvalue weighted by molar-refractivity contribution is -0.120. The average Bonchev–Trinajstić information content (AvgIpc) is 2.39. The summed E-state index contributed by atoms with van der Waals surface area (Å²) in [7, 11) is 0. The highest BCUT2D eigenvalue weighted by Gasteiger charge is 2.05. The molecule has 2 rings (SSSR count). The van der Waals surface area contributed by atoms with E-state index in [2.05, 4.69) is 30.2 Å². The summed E-state index contributed by atoms with van der Waals surface area (Å²) in [5.41, 5.74) is 2.99. The maximum absolute atomic E-state index is 11.7. The SMILES string of the molecule is CCCCNC(=O)Cc1ccc2cc(C)ccc2n1. The van der Waals surface area contributed by atoms with Crippen molar-refractivity contribution in [3.63, 3.8) is 0 Å². The molecule has 1 N–H and O–H groups in total. The Morgan fingerprint density at radius 3 is 2.89 bits per heavy atom. The molecule has 0 aliphatic rings. The number of carbonyl (C=O) groups excluding carboxylic acids is 1. The Morgan fingerprint density at radius 2 is 2.11 bits per heavy atom. The summed E-state index contributed by atoms with van der Waals surface area (Å²) >= 11 is 0. The Bertz CT molecular complexity index is 578. The zero-order chi connectivity index (χ0) is 13.7. The molecule has 1 aromatic carbocycles. The van der Waals surface area contributed by atoms with Crippen LogP contribution in [0, 0.1) is 6.92 Å². The number of aryl methyl sites for hydroxylation is 1. The summed E-state index contributed by atoms with van der Waals surface area (Å²) < 4.78 is 0. The van der Waals surface area contributed by atoms with Gasteiger partial charge in [0, 0.05) is 11.9 Å². The first-order valence-electron chi connectivity index (χ1n) is 6.82. The molecular weight excluding hydrogens is 236 g/mol. The molecule has 0 atom stereocenters. The van der Waals surface area contributed by atoms with E-state index in [9.17, 15) is 4.79 Å². The van der Waals surface area contributed by atoms with E-state index in [0.717, 1.165) is 36.0 Å². The number of nitrogens with one attached hydrogen (secondary N) is 1. The van der Waals surface area contributed by atoms with Gasteiger partial charge in [-0.05, 0) is 31.5 Å². The number of rotatable bonds is 5. The minimum absolute atomic E-state index is 0.0485. The van der Waals surface area contributed by atoms with E-state index in [-0.39, 0.29) is 5.91 Å². The zero-order valence-corrected chi connectivity index (χ0v) is 11.6. The Balaban J connectivity index is 2.05. The highest BCUT2D eigenvalue weighted by Crippen LogP contribution is 2.14. The van der Waals surface area contributed by atoms with Gasteiger partial charge in [0.25, 0.3) is 0 Å². The number of unbranched alkanes of at least 4 members (excludes halogenated alkanes) is 1. The first-order chi connectivity index (χ1) is 9.19. The second-order valence-corrected chi connectivity index (χ2v) is 4.88. The van der Waals surface area contributed by atoms with Crippen molar-refractivity contribution in [2.75, 3.05) is 6.54 Å². The van der Waals surface area contributed by atoms with Crippen molar-refractivity contribution in [2.24, 2.45) is 0 Å². The van der Waals surface area contributed by atoms with Crippen LogP contribution in [0.5, 0.6) is 0 Å². The van der Waals surface area contributed by atoms with Crippen molar-refractivity contribution in [3.8, 4) is 0 Å². The number of nitrogens with zero attached hydrogens (tertiary/aromatic N) is 1. The van der Waals surface area contributed by atoms with E-state index in [4.69, 9.17) is 0 Å². The summed E-state index contributed by atoms with van der Waals surface area (Å²) in [6, 6.07) is 10.1. The molecular formula is C16H20N2O. The maximum atomic E-state index is 11.7. The summed E-state index contributed by atoms with van der Waals surface area (Å²) in [4.78, 5) is 16.3. The van der Waals surface area contributed by atoms with Crippen LogP contribution < -0.4 is 5.32 Å². The molecule has 2 aromatic rings. The van der Waals surface area contributed by atoms with Gasteiger partial charge in [0.2, 0.25) is 5.91 Å². The third-order valence-corrected chi connectivity index (χ3v) is 3.10. The lowest BCUT2D eigenvalue weighted by atomic mass is 10.1. The number of carbonyl (C=O) groups is 1. The van der Waals surface area contributed by atoms with Gasteiger partial charge >= 0.3 is 0 Å². The molecule has 0 bridgehead atoms. The monoisotopic (exact) mass is 256 g/mol. The highest BCUT2D eigenvalue weighted by molar-refractivity contribution is 5.82. The molecule has 0 saturated heterocycles. The molecule has 0 radical (unpaired) electrons. The van der Waals surface area contributed by atoms with Crippen LogP contribution >= 0.6 is 0 Å². The van der Waals surface area contributed by atoms with Gasteiger partial charge in [0.1, 0.15) is 0 Å². The third-order valence-electron chi connectivity index (χ3n) is 3.10.